The minimum absolute atomic E-state index is 0.298. The largest absolute Gasteiger partial charge is 0.267 e. The van der Waals surface area contributed by atoms with Gasteiger partial charge in [0, 0.05) is 12.7 Å². The van der Waals surface area contributed by atoms with Crippen molar-refractivity contribution in [3.8, 4) is 0 Å². The Morgan fingerprint density at radius 2 is 2.40 bits per heavy atom. The predicted molar refractivity (Wildman–Crippen MR) is 56.1 cm³/mol. The van der Waals surface area contributed by atoms with Gasteiger partial charge in [-0.05, 0) is 24.8 Å². The highest BCUT2D eigenvalue weighted by Gasteiger charge is 2.47. The number of hydrogen-bond acceptors (Lipinski definition) is 3. The fourth-order valence-electron chi connectivity index (χ4n) is 1.85. The van der Waals surface area contributed by atoms with Crippen molar-refractivity contribution in [2.45, 2.75) is 38.8 Å². The van der Waals surface area contributed by atoms with Crippen LogP contribution in [0.5, 0.6) is 0 Å². The minimum Gasteiger partial charge on any atom is -0.267 e. The molecule has 2 rings (SSSR count). The molecule has 1 aliphatic carbocycles. The Morgan fingerprint density at radius 1 is 1.67 bits per heavy atom. The van der Waals surface area contributed by atoms with Crippen LogP contribution in [0.1, 0.15) is 32.4 Å². The molecule has 0 amide bonds. The molecule has 80 valence electrons. The molecule has 1 saturated carbocycles. The van der Waals surface area contributed by atoms with Gasteiger partial charge < -0.3 is 0 Å². The fraction of sp³-hybridized carbons (Fsp3) is 0.636. The van der Waals surface area contributed by atoms with E-state index in [1.165, 1.54) is 0 Å². The van der Waals surface area contributed by atoms with Gasteiger partial charge in [-0.25, -0.2) is 4.79 Å². The van der Waals surface area contributed by atoms with Gasteiger partial charge in [-0.15, -0.1) is 0 Å². The number of carbonyl (C=O) groups excluding carboxylic acids is 1. The molecule has 0 saturated heterocycles. The lowest BCUT2D eigenvalue weighted by molar-refractivity contribution is 0.451. The average Bonchev–Trinajstić information content (AvgIpc) is 2.78. The van der Waals surface area contributed by atoms with E-state index >= 15 is 0 Å². The summed E-state index contributed by atoms with van der Waals surface area (Å²) in [6.07, 6.45) is 5.32. The molecule has 4 heteroatoms. The van der Waals surface area contributed by atoms with E-state index in [2.05, 4.69) is 23.9 Å². The highest BCUT2D eigenvalue weighted by atomic mass is 16.1. The summed E-state index contributed by atoms with van der Waals surface area (Å²) >= 11 is 0. The van der Waals surface area contributed by atoms with Gasteiger partial charge in [0.15, 0.2) is 0 Å². The number of aliphatic imine (C=N–C) groups is 1. The maximum Gasteiger partial charge on any atom is 0.235 e. The van der Waals surface area contributed by atoms with E-state index in [1.54, 1.807) is 12.3 Å². The molecule has 4 nitrogen and oxygen atoms in total. The van der Waals surface area contributed by atoms with Crippen molar-refractivity contribution in [3.63, 3.8) is 0 Å². The normalized spacial score (nSPS) is 17.5. The van der Waals surface area contributed by atoms with E-state index in [1.807, 2.05) is 10.7 Å². The predicted octanol–water partition coefficient (Wildman–Crippen LogP) is 1.86. The van der Waals surface area contributed by atoms with E-state index in [4.69, 9.17) is 0 Å². The van der Waals surface area contributed by atoms with Crippen LogP contribution in [-0.2, 0) is 16.9 Å². The van der Waals surface area contributed by atoms with Crippen LogP contribution in [0, 0.1) is 5.92 Å². The lowest BCUT2D eigenvalue weighted by Gasteiger charge is -2.13. The molecule has 0 aliphatic heterocycles. The smallest absolute Gasteiger partial charge is 0.235 e. The first-order chi connectivity index (χ1) is 7.18. The molecule has 0 spiro atoms. The fourth-order valence-corrected chi connectivity index (χ4v) is 1.85. The second-order valence-corrected chi connectivity index (χ2v) is 4.53. The summed E-state index contributed by atoms with van der Waals surface area (Å²) in [6, 6.07) is 1.95. The van der Waals surface area contributed by atoms with Crippen LogP contribution in [-0.4, -0.2) is 15.9 Å². The van der Waals surface area contributed by atoms with Gasteiger partial charge in [0.1, 0.15) is 5.54 Å². The maximum absolute atomic E-state index is 10.4. The quantitative estimate of drug-likeness (QED) is 0.556. The summed E-state index contributed by atoms with van der Waals surface area (Å²) in [7, 11) is 0. The highest BCUT2D eigenvalue weighted by Crippen LogP contribution is 2.49. The van der Waals surface area contributed by atoms with Crippen molar-refractivity contribution in [1.29, 1.82) is 0 Å². The minimum atomic E-state index is -0.298. The number of isocyanates is 1. The number of aromatic nitrogens is 2. The third kappa shape index (κ3) is 1.85. The standard InChI is InChI=1S/C11H15N3O/c1-9(2)7-14-10(3-6-13-14)11(4-5-11)12-8-15/h3,6,9H,4-5,7H2,1-2H3. The molecule has 0 bridgehead atoms. The van der Waals surface area contributed by atoms with Crippen molar-refractivity contribution in [2.24, 2.45) is 10.9 Å². The van der Waals surface area contributed by atoms with Crippen LogP contribution in [0.15, 0.2) is 17.3 Å². The molecule has 0 N–H and O–H groups in total. The zero-order valence-electron chi connectivity index (χ0n) is 9.10. The summed E-state index contributed by atoms with van der Waals surface area (Å²) in [5.74, 6) is 0.541. The van der Waals surface area contributed by atoms with Gasteiger partial charge in [0.05, 0.1) is 5.69 Å². The van der Waals surface area contributed by atoms with Crippen LogP contribution in [0.25, 0.3) is 0 Å². The maximum atomic E-state index is 10.4. The Hall–Kier alpha value is -1.41. The first-order valence-corrected chi connectivity index (χ1v) is 5.29. The van der Waals surface area contributed by atoms with E-state index in [-0.39, 0.29) is 5.54 Å². The van der Waals surface area contributed by atoms with Gasteiger partial charge in [-0.2, -0.15) is 10.1 Å². The molecule has 0 atom stereocenters. The summed E-state index contributed by atoms with van der Waals surface area (Å²) in [6.45, 7) is 5.17. The monoisotopic (exact) mass is 205 g/mol. The van der Waals surface area contributed by atoms with Gasteiger partial charge in [0.25, 0.3) is 0 Å². The Kier molecular flexibility index (Phi) is 2.45. The summed E-state index contributed by atoms with van der Waals surface area (Å²) in [4.78, 5) is 14.3. The molecule has 1 aliphatic rings. The molecule has 0 radical (unpaired) electrons. The molecule has 1 aromatic heterocycles. The Labute approximate surface area is 89.0 Å². The van der Waals surface area contributed by atoms with Gasteiger partial charge in [-0.1, -0.05) is 13.8 Å². The molecule has 0 aromatic carbocycles. The van der Waals surface area contributed by atoms with E-state index in [0.29, 0.717) is 5.92 Å². The zero-order valence-corrected chi connectivity index (χ0v) is 9.10. The van der Waals surface area contributed by atoms with Crippen LogP contribution in [0.3, 0.4) is 0 Å². The Balaban J connectivity index is 2.28. The topological polar surface area (TPSA) is 47.2 Å². The van der Waals surface area contributed by atoms with E-state index in [0.717, 1.165) is 25.1 Å². The van der Waals surface area contributed by atoms with Crippen molar-refractivity contribution in [3.05, 3.63) is 18.0 Å². The van der Waals surface area contributed by atoms with Crippen molar-refractivity contribution >= 4 is 6.08 Å². The molecule has 1 heterocycles. The second-order valence-electron chi connectivity index (χ2n) is 4.53. The van der Waals surface area contributed by atoms with Gasteiger partial charge in [0.2, 0.25) is 6.08 Å². The Morgan fingerprint density at radius 3 is 2.93 bits per heavy atom. The summed E-state index contributed by atoms with van der Waals surface area (Å²) in [5.41, 5.74) is 0.757. The van der Waals surface area contributed by atoms with Crippen molar-refractivity contribution < 1.29 is 4.79 Å². The van der Waals surface area contributed by atoms with Gasteiger partial charge in [-0.3, -0.25) is 4.68 Å². The summed E-state index contributed by atoms with van der Waals surface area (Å²) < 4.78 is 1.96. The van der Waals surface area contributed by atoms with Crippen LogP contribution < -0.4 is 0 Å². The lowest BCUT2D eigenvalue weighted by Crippen LogP contribution is -2.15. The van der Waals surface area contributed by atoms with Crippen molar-refractivity contribution in [2.75, 3.05) is 0 Å². The highest BCUT2D eigenvalue weighted by molar-refractivity contribution is 5.39. The molecular weight excluding hydrogens is 190 g/mol. The first kappa shape index (κ1) is 10.1. The van der Waals surface area contributed by atoms with Crippen LogP contribution in [0.4, 0.5) is 0 Å². The van der Waals surface area contributed by atoms with Crippen molar-refractivity contribution in [1.82, 2.24) is 9.78 Å². The average molecular weight is 205 g/mol. The summed E-state index contributed by atoms with van der Waals surface area (Å²) in [5, 5.41) is 4.27. The molecular formula is C11H15N3O. The Bertz CT molecular complexity index is 398. The SMILES string of the molecule is CC(C)Cn1nccc1C1(N=C=O)CC1. The van der Waals surface area contributed by atoms with Crippen LogP contribution in [0.2, 0.25) is 0 Å². The number of hydrogen-bond donors (Lipinski definition) is 0. The molecule has 1 aromatic rings. The molecule has 1 fully saturated rings. The number of rotatable bonds is 4. The van der Waals surface area contributed by atoms with E-state index in [9.17, 15) is 4.79 Å². The van der Waals surface area contributed by atoms with Crippen LogP contribution >= 0.6 is 0 Å². The zero-order chi connectivity index (χ0) is 10.9. The molecule has 15 heavy (non-hydrogen) atoms. The lowest BCUT2D eigenvalue weighted by atomic mass is 10.1. The van der Waals surface area contributed by atoms with Gasteiger partial charge >= 0.3 is 0 Å². The third-order valence-electron chi connectivity index (χ3n) is 2.71. The first-order valence-electron chi connectivity index (χ1n) is 5.29. The number of nitrogens with zero attached hydrogens (tertiary/aromatic N) is 3. The third-order valence-corrected chi connectivity index (χ3v) is 2.71. The molecule has 0 unspecified atom stereocenters. The van der Waals surface area contributed by atoms with E-state index < -0.39 is 0 Å². The second kappa shape index (κ2) is 3.63.